The summed E-state index contributed by atoms with van der Waals surface area (Å²) in [4.78, 5) is 12.7. The minimum absolute atomic E-state index is 0.0413. The van der Waals surface area contributed by atoms with Gasteiger partial charge in [-0.1, -0.05) is 67.1 Å². The number of hydrogen-bond acceptors (Lipinski definition) is 2. The summed E-state index contributed by atoms with van der Waals surface area (Å²) in [5.41, 5.74) is 1.97. The van der Waals surface area contributed by atoms with Crippen molar-refractivity contribution in [1.82, 2.24) is 5.32 Å². The zero-order chi connectivity index (χ0) is 19.5. The largest absolute Gasteiger partial charge is 0.353 e. The lowest BCUT2D eigenvalue weighted by Gasteiger charge is -2.28. The van der Waals surface area contributed by atoms with Crippen molar-refractivity contribution in [2.45, 2.75) is 43.9 Å². The summed E-state index contributed by atoms with van der Waals surface area (Å²) in [6.45, 7) is 2.12. The van der Waals surface area contributed by atoms with Crippen LogP contribution in [0.25, 0.3) is 0 Å². The van der Waals surface area contributed by atoms with E-state index in [2.05, 4.69) is 12.2 Å². The van der Waals surface area contributed by atoms with Crippen LogP contribution in [-0.2, 0) is 15.6 Å². The Morgan fingerprint density at radius 1 is 1.00 bits per heavy atom. The SMILES string of the molecule is C[C@H](NC(=O)C[S@@](=O)C(c1ccccc1)c1ccccc1)[C@H]1C[C@@H]2CC[C@@H]1C2. The third kappa shape index (κ3) is 4.22. The van der Waals surface area contributed by atoms with Gasteiger partial charge < -0.3 is 5.32 Å². The maximum absolute atomic E-state index is 13.2. The molecule has 0 heterocycles. The predicted molar refractivity (Wildman–Crippen MR) is 114 cm³/mol. The Bertz CT molecular complexity index is 784. The van der Waals surface area contributed by atoms with Crippen molar-refractivity contribution in [3.63, 3.8) is 0 Å². The van der Waals surface area contributed by atoms with E-state index in [1.165, 1.54) is 25.7 Å². The van der Waals surface area contributed by atoms with E-state index in [0.717, 1.165) is 23.0 Å². The van der Waals surface area contributed by atoms with Gasteiger partial charge in [0.25, 0.3) is 0 Å². The van der Waals surface area contributed by atoms with E-state index < -0.39 is 10.8 Å². The number of nitrogens with one attached hydrogen (secondary N) is 1. The van der Waals surface area contributed by atoms with E-state index in [1.54, 1.807) is 0 Å². The number of carbonyl (C=O) groups is 1. The summed E-state index contributed by atoms with van der Waals surface area (Å²) in [6, 6.07) is 19.9. The van der Waals surface area contributed by atoms with Crippen molar-refractivity contribution < 1.29 is 9.00 Å². The Labute approximate surface area is 170 Å². The highest BCUT2D eigenvalue weighted by molar-refractivity contribution is 7.86. The van der Waals surface area contributed by atoms with Gasteiger partial charge in [0.1, 0.15) is 5.75 Å². The lowest BCUT2D eigenvalue weighted by Crippen LogP contribution is -2.42. The number of carbonyl (C=O) groups excluding carboxylic acids is 1. The highest BCUT2D eigenvalue weighted by Crippen LogP contribution is 2.49. The van der Waals surface area contributed by atoms with Crippen LogP contribution in [0.5, 0.6) is 0 Å². The first-order chi connectivity index (χ1) is 13.6. The molecule has 28 heavy (non-hydrogen) atoms. The quantitative estimate of drug-likeness (QED) is 0.752. The van der Waals surface area contributed by atoms with E-state index in [4.69, 9.17) is 0 Å². The van der Waals surface area contributed by atoms with E-state index in [1.807, 2.05) is 60.7 Å². The van der Waals surface area contributed by atoms with Crippen LogP contribution >= 0.6 is 0 Å². The lowest BCUT2D eigenvalue weighted by atomic mass is 9.84. The van der Waals surface area contributed by atoms with Gasteiger partial charge >= 0.3 is 0 Å². The molecule has 0 unspecified atom stereocenters. The molecular formula is C24H29NO2S. The summed E-state index contributed by atoms with van der Waals surface area (Å²) < 4.78 is 13.2. The number of benzene rings is 2. The first kappa shape index (κ1) is 19.4. The molecule has 1 N–H and O–H groups in total. The molecule has 2 aliphatic carbocycles. The fourth-order valence-corrected chi connectivity index (χ4v) is 6.70. The van der Waals surface area contributed by atoms with Crippen LogP contribution in [0.4, 0.5) is 0 Å². The normalized spacial score (nSPS) is 25.6. The van der Waals surface area contributed by atoms with Crippen LogP contribution in [0.2, 0.25) is 0 Å². The molecule has 2 aliphatic rings. The molecule has 5 atom stereocenters. The topological polar surface area (TPSA) is 46.2 Å². The second-order valence-electron chi connectivity index (χ2n) is 8.42. The summed E-state index contributed by atoms with van der Waals surface area (Å²) in [6.07, 6.45) is 5.25. The number of fused-ring (bicyclic) bond motifs is 2. The molecule has 4 rings (SSSR count). The van der Waals surface area contributed by atoms with Crippen molar-refractivity contribution in [3.05, 3.63) is 71.8 Å². The minimum atomic E-state index is -1.32. The molecule has 0 aliphatic heterocycles. The van der Waals surface area contributed by atoms with Crippen LogP contribution in [-0.4, -0.2) is 21.9 Å². The van der Waals surface area contributed by atoms with Gasteiger partial charge in [0.2, 0.25) is 5.91 Å². The summed E-state index contributed by atoms with van der Waals surface area (Å²) in [5.74, 6) is 2.18. The fourth-order valence-electron chi connectivity index (χ4n) is 5.27. The third-order valence-corrected chi connectivity index (χ3v) is 8.18. The average molecular weight is 396 g/mol. The highest BCUT2D eigenvalue weighted by Gasteiger charge is 2.42. The first-order valence-electron chi connectivity index (χ1n) is 10.4. The van der Waals surface area contributed by atoms with E-state index in [0.29, 0.717) is 5.92 Å². The molecule has 148 valence electrons. The second-order valence-corrected chi connectivity index (χ2v) is 9.94. The summed E-state index contributed by atoms with van der Waals surface area (Å²) in [7, 11) is -1.32. The predicted octanol–water partition coefficient (Wildman–Crippen LogP) is 4.47. The summed E-state index contributed by atoms with van der Waals surface area (Å²) in [5, 5.41) is 2.88. The van der Waals surface area contributed by atoms with Crippen LogP contribution in [0.15, 0.2) is 60.7 Å². The lowest BCUT2D eigenvalue weighted by molar-refractivity contribution is -0.119. The minimum Gasteiger partial charge on any atom is -0.353 e. The van der Waals surface area contributed by atoms with Crippen LogP contribution in [0.1, 0.15) is 49.0 Å². The van der Waals surface area contributed by atoms with Gasteiger partial charge in [0, 0.05) is 16.8 Å². The van der Waals surface area contributed by atoms with Crippen molar-refractivity contribution >= 4 is 16.7 Å². The maximum Gasteiger partial charge on any atom is 0.232 e. The van der Waals surface area contributed by atoms with E-state index in [-0.39, 0.29) is 23.0 Å². The molecule has 0 spiro atoms. The molecule has 2 aromatic rings. The number of amides is 1. The molecule has 2 bridgehead atoms. The van der Waals surface area contributed by atoms with E-state index >= 15 is 0 Å². The number of hydrogen-bond donors (Lipinski definition) is 1. The Morgan fingerprint density at radius 3 is 2.11 bits per heavy atom. The van der Waals surface area contributed by atoms with Gasteiger partial charge in [0.05, 0.1) is 5.25 Å². The fraction of sp³-hybridized carbons (Fsp3) is 0.458. The van der Waals surface area contributed by atoms with Crippen LogP contribution in [0, 0.1) is 17.8 Å². The molecule has 2 aromatic carbocycles. The van der Waals surface area contributed by atoms with Gasteiger partial charge in [-0.3, -0.25) is 9.00 Å². The smallest absolute Gasteiger partial charge is 0.232 e. The average Bonchev–Trinajstić information content (AvgIpc) is 3.33. The van der Waals surface area contributed by atoms with Gasteiger partial charge in [-0.2, -0.15) is 0 Å². The Kier molecular flexibility index (Phi) is 5.96. The summed E-state index contributed by atoms with van der Waals surface area (Å²) >= 11 is 0. The zero-order valence-electron chi connectivity index (χ0n) is 16.4. The monoisotopic (exact) mass is 395 g/mol. The van der Waals surface area contributed by atoms with Crippen LogP contribution in [0.3, 0.4) is 0 Å². The molecule has 2 saturated carbocycles. The van der Waals surface area contributed by atoms with Crippen LogP contribution < -0.4 is 5.32 Å². The number of rotatable bonds is 7. The zero-order valence-corrected chi connectivity index (χ0v) is 17.2. The van der Waals surface area contributed by atoms with Crippen molar-refractivity contribution in [3.8, 4) is 0 Å². The molecule has 0 aromatic heterocycles. The van der Waals surface area contributed by atoms with Crippen molar-refractivity contribution in [2.75, 3.05) is 5.75 Å². The van der Waals surface area contributed by atoms with Gasteiger partial charge in [-0.15, -0.1) is 0 Å². The third-order valence-electron chi connectivity index (χ3n) is 6.56. The Morgan fingerprint density at radius 2 is 1.61 bits per heavy atom. The van der Waals surface area contributed by atoms with Gasteiger partial charge in [-0.25, -0.2) is 0 Å². The van der Waals surface area contributed by atoms with Crippen molar-refractivity contribution in [2.24, 2.45) is 17.8 Å². The van der Waals surface area contributed by atoms with Gasteiger partial charge in [-0.05, 0) is 55.1 Å². The molecule has 0 saturated heterocycles. The maximum atomic E-state index is 13.2. The molecule has 2 fully saturated rings. The molecule has 4 heteroatoms. The Hall–Kier alpha value is -1.94. The molecule has 0 radical (unpaired) electrons. The second kappa shape index (κ2) is 8.60. The van der Waals surface area contributed by atoms with E-state index in [9.17, 15) is 9.00 Å². The standard InChI is InChI=1S/C24H29NO2S/c1-17(22-15-18-12-13-21(22)14-18)25-23(26)16-28(27)24(19-8-4-2-5-9-19)20-10-6-3-7-11-20/h2-11,17-18,21-22,24H,12-16H2,1H3,(H,25,26)/t17-,18+,21+,22+,28+/m0/s1. The van der Waals surface area contributed by atoms with Gasteiger partial charge in [0.15, 0.2) is 0 Å². The molecule has 3 nitrogen and oxygen atoms in total. The molecular weight excluding hydrogens is 366 g/mol. The first-order valence-corrected chi connectivity index (χ1v) is 11.8. The van der Waals surface area contributed by atoms with Crippen molar-refractivity contribution in [1.29, 1.82) is 0 Å². The molecule has 1 amide bonds. The highest BCUT2D eigenvalue weighted by atomic mass is 32.2. The Balaban J connectivity index is 1.43.